The van der Waals surface area contributed by atoms with Crippen molar-refractivity contribution in [1.82, 2.24) is 15.3 Å². The molecule has 6 nitrogen and oxygen atoms in total. The lowest BCUT2D eigenvalue weighted by molar-refractivity contribution is -0.137. The number of amides is 1. The van der Waals surface area contributed by atoms with Crippen LogP contribution in [0.1, 0.15) is 33.5 Å². The van der Waals surface area contributed by atoms with E-state index in [-0.39, 0.29) is 11.6 Å². The lowest BCUT2D eigenvalue weighted by Crippen LogP contribution is -2.20. The van der Waals surface area contributed by atoms with E-state index in [4.69, 9.17) is 5.73 Å². The van der Waals surface area contributed by atoms with E-state index in [1.807, 2.05) is 13.0 Å². The van der Waals surface area contributed by atoms with Crippen molar-refractivity contribution in [3.05, 3.63) is 77.1 Å². The fraction of sp³-hybridized carbons (Fsp3) is 0.208. The zero-order valence-corrected chi connectivity index (χ0v) is 17.8. The number of hydrogen-bond donors (Lipinski definition) is 3. The van der Waals surface area contributed by atoms with E-state index in [1.54, 1.807) is 36.7 Å². The monoisotopic (exact) mass is 453 g/mol. The summed E-state index contributed by atoms with van der Waals surface area (Å²) in [6, 6.07) is 8.69. The van der Waals surface area contributed by atoms with E-state index in [0.29, 0.717) is 36.2 Å². The van der Waals surface area contributed by atoms with Crippen LogP contribution in [0.15, 0.2) is 54.9 Å². The smallest absolute Gasteiger partial charge is 0.368 e. The Morgan fingerprint density at radius 1 is 1.09 bits per heavy atom. The predicted octanol–water partition coefficient (Wildman–Crippen LogP) is 4.68. The van der Waals surface area contributed by atoms with Crippen molar-refractivity contribution in [2.45, 2.75) is 19.5 Å². The molecule has 0 bridgehead atoms. The van der Waals surface area contributed by atoms with E-state index in [0.717, 1.165) is 28.8 Å². The number of nitrogens with one attached hydrogen (secondary N) is 2. The van der Waals surface area contributed by atoms with E-state index in [2.05, 4.69) is 20.6 Å². The van der Waals surface area contributed by atoms with Crippen molar-refractivity contribution in [1.29, 1.82) is 0 Å². The minimum Gasteiger partial charge on any atom is -0.368 e. The highest BCUT2D eigenvalue weighted by Crippen LogP contribution is 2.35. The number of nitrogens with two attached hydrogens (primary N) is 1. The van der Waals surface area contributed by atoms with Gasteiger partial charge in [-0.15, -0.1) is 0 Å². The van der Waals surface area contributed by atoms with Gasteiger partial charge in [0.05, 0.1) is 5.56 Å². The molecule has 0 saturated heterocycles. The Morgan fingerprint density at radius 3 is 2.52 bits per heavy atom. The van der Waals surface area contributed by atoms with Gasteiger partial charge >= 0.3 is 6.18 Å². The molecular formula is C24H22F3N5O. The van der Waals surface area contributed by atoms with E-state index >= 15 is 0 Å². The van der Waals surface area contributed by atoms with Gasteiger partial charge in [-0.1, -0.05) is 12.1 Å². The number of nitrogens with zero attached hydrogens (tertiary/aromatic N) is 2. The zero-order chi connectivity index (χ0) is 23.6. The van der Waals surface area contributed by atoms with Crippen molar-refractivity contribution < 1.29 is 18.0 Å². The predicted molar refractivity (Wildman–Crippen MR) is 121 cm³/mol. The summed E-state index contributed by atoms with van der Waals surface area (Å²) in [5.74, 6) is -0.383. The van der Waals surface area contributed by atoms with Gasteiger partial charge in [0.25, 0.3) is 5.91 Å². The molecule has 170 valence electrons. The first kappa shape index (κ1) is 22.5. The van der Waals surface area contributed by atoms with Gasteiger partial charge in [0, 0.05) is 35.8 Å². The normalized spacial score (nSPS) is 14.0. The first-order valence-corrected chi connectivity index (χ1v) is 10.3. The number of rotatable bonds is 4. The molecule has 0 aliphatic carbocycles. The zero-order valence-electron chi connectivity index (χ0n) is 17.8. The largest absolute Gasteiger partial charge is 0.416 e. The highest BCUT2D eigenvalue weighted by atomic mass is 19.4. The molecule has 0 unspecified atom stereocenters. The second-order valence-corrected chi connectivity index (χ2v) is 7.79. The van der Waals surface area contributed by atoms with Crippen LogP contribution in [0.3, 0.4) is 0 Å². The molecule has 9 heteroatoms. The third-order valence-electron chi connectivity index (χ3n) is 5.44. The maximum Gasteiger partial charge on any atom is 0.416 e. The maximum atomic E-state index is 13.5. The van der Waals surface area contributed by atoms with Gasteiger partial charge in [0.15, 0.2) is 0 Å². The lowest BCUT2D eigenvalue weighted by atomic mass is 9.97. The van der Waals surface area contributed by atoms with Crippen LogP contribution in [-0.4, -0.2) is 29.0 Å². The van der Waals surface area contributed by atoms with Crippen LogP contribution in [-0.2, 0) is 6.18 Å². The van der Waals surface area contributed by atoms with Crippen LogP contribution < -0.4 is 16.4 Å². The number of carbonyl (C=O) groups excluding carboxylic acids is 1. The molecule has 4 N–H and O–H groups in total. The molecule has 0 atom stereocenters. The van der Waals surface area contributed by atoms with Crippen LogP contribution in [0.4, 0.5) is 24.8 Å². The summed E-state index contributed by atoms with van der Waals surface area (Å²) in [5, 5.41) is 5.76. The summed E-state index contributed by atoms with van der Waals surface area (Å²) in [6.07, 6.45) is 1.05. The van der Waals surface area contributed by atoms with Crippen LogP contribution in [0.2, 0.25) is 0 Å². The fourth-order valence-electron chi connectivity index (χ4n) is 3.69. The molecule has 33 heavy (non-hydrogen) atoms. The summed E-state index contributed by atoms with van der Waals surface area (Å²) in [7, 11) is 0. The summed E-state index contributed by atoms with van der Waals surface area (Å²) < 4.78 is 40.6. The van der Waals surface area contributed by atoms with Crippen molar-refractivity contribution >= 4 is 23.1 Å². The standard InChI is InChI=1S/C24H22F3N5O/c1-14-2-3-16(10-21(14)18-12-30-23(28)31-13-18)22(33)32-20-9-17(15-4-6-29-7-5-15)8-19(11-20)24(25,26)27/h2-4,8-13,29H,5-7H2,1H3,(H,32,33)(H2,28,30,31). The number of benzene rings is 2. The summed E-state index contributed by atoms with van der Waals surface area (Å²) in [5.41, 5.74) is 8.68. The highest BCUT2D eigenvalue weighted by Gasteiger charge is 2.31. The molecule has 1 aromatic heterocycles. The second kappa shape index (κ2) is 9.03. The Bertz CT molecular complexity index is 1220. The Morgan fingerprint density at radius 2 is 1.85 bits per heavy atom. The molecule has 2 heterocycles. The maximum absolute atomic E-state index is 13.5. The minimum absolute atomic E-state index is 0.0854. The Hall–Kier alpha value is -3.72. The molecule has 3 aromatic rings. The fourth-order valence-corrected chi connectivity index (χ4v) is 3.69. The Balaban J connectivity index is 1.66. The quantitative estimate of drug-likeness (QED) is 0.533. The lowest BCUT2D eigenvalue weighted by Gasteiger charge is -2.18. The van der Waals surface area contributed by atoms with E-state index in [9.17, 15) is 18.0 Å². The van der Waals surface area contributed by atoms with Crippen LogP contribution in [0.5, 0.6) is 0 Å². The third-order valence-corrected chi connectivity index (χ3v) is 5.44. The van der Waals surface area contributed by atoms with Crippen LogP contribution >= 0.6 is 0 Å². The van der Waals surface area contributed by atoms with Gasteiger partial charge < -0.3 is 16.4 Å². The van der Waals surface area contributed by atoms with Crippen molar-refractivity contribution in [2.75, 3.05) is 24.1 Å². The van der Waals surface area contributed by atoms with E-state index < -0.39 is 17.6 Å². The Kier molecular flexibility index (Phi) is 6.15. The molecule has 4 rings (SSSR count). The third kappa shape index (κ3) is 5.20. The molecule has 2 aromatic carbocycles. The van der Waals surface area contributed by atoms with Gasteiger partial charge in [-0.2, -0.15) is 13.2 Å². The number of anilines is 2. The summed E-state index contributed by atoms with van der Waals surface area (Å²) in [6.45, 7) is 3.15. The minimum atomic E-state index is -4.53. The van der Waals surface area contributed by atoms with Gasteiger partial charge in [-0.3, -0.25) is 4.79 Å². The average molecular weight is 453 g/mol. The summed E-state index contributed by atoms with van der Waals surface area (Å²) in [4.78, 5) is 20.9. The van der Waals surface area contributed by atoms with E-state index in [1.165, 1.54) is 0 Å². The molecule has 0 radical (unpaired) electrons. The van der Waals surface area contributed by atoms with Crippen LogP contribution in [0.25, 0.3) is 16.7 Å². The summed E-state index contributed by atoms with van der Waals surface area (Å²) >= 11 is 0. The van der Waals surface area contributed by atoms with Gasteiger partial charge in [-0.25, -0.2) is 9.97 Å². The number of nitrogen functional groups attached to an aromatic ring is 1. The van der Waals surface area contributed by atoms with Crippen molar-refractivity contribution in [3.63, 3.8) is 0 Å². The molecule has 1 aliphatic heterocycles. The highest BCUT2D eigenvalue weighted by molar-refractivity contribution is 6.05. The van der Waals surface area contributed by atoms with Crippen molar-refractivity contribution in [3.8, 4) is 11.1 Å². The SMILES string of the molecule is Cc1ccc(C(=O)Nc2cc(C3=CCNCC3)cc(C(F)(F)F)c2)cc1-c1cnc(N)nc1. The Labute approximate surface area is 188 Å². The van der Waals surface area contributed by atoms with Gasteiger partial charge in [0.2, 0.25) is 5.95 Å². The first-order chi connectivity index (χ1) is 15.7. The molecule has 0 fully saturated rings. The number of carbonyl (C=O) groups is 1. The molecule has 1 amide bonds. The molecule has 0 spiro atoms. The number of aromatic nitrogens is 2. The molecular weight excluding hydrogens is 431 g/mol. The topological polar surface area (TPSA) is 92.9 Å². The van der Waals surface area contributed by atoms with Gasteiger partial charge in [0.1, 0.15) is 0 Å². The number of hydrogen-bond acceptors (Lipinski definition) is 5. The number of aryl methyl sites for hydroxylation is 1. The van der Waals surface area contributed by atoms with Crippen molar-refractivity contribution in [2.24, 2.45) is 0 Å². The van der Waals surface area contributed by atoms with Gasteiger partial charge in [-0.05, 0) is 72.5 Å². The average Bonchev–Trinajstić information content (AvgIpc) is 2.80. The molecule has 0 saturated carbocycles. The molecule has 1 aliphatic rings. The van der Waals surface area contributed by atoms with Crippen LogP contribution in [0, 0.1) is 6.92 Å². The second-order valence-electron chi connectivity index (χ2n) is 7.79. The number of alkyl halides is 3. The first-order valence-electron chi connectivity index (χ1n) is 10.3. The number of halogens is 3.